The summed E-state index contributed by atoms with van der Waals surface area (Å²) in [5, 5.41) is 10.7. The third kappa shape index (κ3) is 3.82. The lowest BCUT2D eigenvalue weighted by molar-refractivity contribution is 0.398. The van der Waals surface area contributed by atoms with Crippen molar-refractivity contribution in [3.63, 3.8) is 0 Å². The van der Waals surface area contributed by atoms with Gasteiger partial charge in [-0.25, -0.2) is 0 Å². The lowest BCUT2D eigenvalue weighted by Gasteiger charge is -2.20. The highest BCUT2D eigenvalue weighted by Crippen LogP contribution is 2.48. The van der Waals surface area contributed by atoms with E-state index in [4.69, 9.17) is 26.7 Å². The zero-order valence-corrected chi connectivity index (χ0v) is 19.8. The third-order valence-electron chi connectivity index (χ3n) is 5.47. The number of aromatic nitrogens is 2. The monoisotopic (exact) mass is 469 g/mol. The molecule has 1 aliphatic rings. The average Bonchev–Trinajstić information content (AvgIpc) is 3.00. The predicted octanol–water partition coefficient (Wildman–Crippen LogP) is 4.53. The minimum absolute atomic E-state index is 0.139. The van der Waals surface area contributed by atoms with Gasteiger partial charge in [-0.3, -0.25) is 18.9 Å². The summed E-state index contributed by atoms with van der Waals surface area (Å²) in [7, 11) is 6.46. The summed E-state index contributed by atoms with van der Waals surface area (Å²) in [6.45, 7) is 0. The summed E-state index contributed by atoms with van der Waals surface area (Å²) >= 11 is 6.91. The van der Waals surface area contributed by atoms with E-state index in [1.165, 1.54) is 9.13 Å². The molecule has 2 aromatic carbocycles. The molecule has 4 rings (SSSR count). The van der Waals surface area contributed by atoms with Crippen molar-refractivity contribution in [2.75, 3.05) is 14.2 Å². The first-order valence-electron chi connectivity index (χ1n) is 9.90. The van der Waals surface area contributed by atoms with Crippen molar-refractivity contribution in [2.45, 2.75) is 16.6 Å². The molecule has 0 radical (unpaired) electrons. The maximum absolute atomic E-state index is 13.1. The van der Waals surface area contributed by atoms with Gasteiger partial charge in [0.05, 0.1) is 25.6 Å². The minimum atomic E-state index is -0.384. The van der Waals surface area contributed by atoms with E-state index in [0.29, 0.717) is 23.6 Å². The number of nitrogens with zero attached hydrogens (tertiary/aromatic N) is 3. The van der Waals surface area contributed by atoms with Crippen molar-refractivity contribution in [2.24, 2.45) is 19.1 Å². The number of fused-ring (bicyclic) bond motifs is 1. The van der Waals surface area contributed by atoms with Crippen LogP contribution in [0.15, 0.2) is 57.1 Å². The van der Waals surface area contributed by atoms with E-state index in [9.17, 15) is 9.90 Å². The molecule has 1 unspecified atom stereocenters. The zero-order valence-electron chi connectivity index (χ0n) is 18.2. The molecule has 1 atom stereocenters. The Labute approximate surface area is 195 Å². The number of rotatable bonds is 4. The Kier molecular flexibility index (Phi) is 6.12. The molecule has 0 saturated heterocycles. The summed E-state index contributed by atoms with van der Waals surface area (Å²) in [6.07, 6.45) is 0.391. The summed E-state index contributed by atoms with van der Waals surface area (Å²) in [5.74, 6) is 1.22. The molecule has 1 aliphatic heterocycles. The Morgan fingerprint density at radius 3 is 2.59 bits per heavy atom. The van der Waals surface area contributed by atoms with Gasteiger partial charge in [-0.15, -0.1) is 11.8 Å². The van der Waals surface area contributed by atoms with Gasteiger partial charge in [0.1, 0.15) is 17.1 Å². The summed E-state index contributed by atoms with van der Waals surface area (Å²) in [5.41, 5.74) is 1.91. The number of aliphatic imine (C=N–C) groups is 1. The second-order valence-corrected chi connectivity index (χ2v) is 8.96. The molecule has 0 spiro atoms. The first kappa shape index (κ1) is 22.2. The molecular formula is C23H23N3O4S2. The summed E-state index contributed by atoms with van der Waals surface area (Å²) < 4.78 is 14.1. The maximum Gasteiger partial charge on any atom is 0.267 e. The number of ether oxygens (including phenoxy) is 2. The van der Waals surface area contributed by atoms with Crippen molar-refractivity contribution >= 4 is 35.4 Å². The van der Waals surface area contributed by atoms with Crippen LogP contribution in [0.1, 0.15) is 22.8 Å². The SMILES string of the molecule is COc1ccc(OC)c(C2CC(c3c(O)n(C)c(=S)n(C)c3=O)=Nc3ccccc3S2)c1. The van der Waals surface area contributed by atoms with Crippen LogP contribution in [0.25, 0.3) is 0 Å². The van der Waals surface area contributed by atoms with E-state index in [2.05, 4.69) is 0 Å². The fourth-order valence-corrected chi connectivity index (χ4v) is 5.14. The number of aromatic hydroxyl groups is 1. The average molecular weight is 470 g/mol. The van der Waals surface area contributed by atoms with Crippen LogP contribution >= 0.6 is 24.0 Å². The van der Waals surface area contributed by atoms with Crippen LogP contribution in [0.3, 0.4) is 0 Å². The molecule has 9 heteroatoms. The number of hydrogen-bond acceptors (Lipinski definition) is 7. The predicted molar refractivity (Wildman–Crippen MR) is 129 cm³/mol. The number of methoxy groups -OCH3 is 2. The number of para-hydroxylation sites is 1. The van der Waals surface area contributed by atoms with E-state index in [0.717, 1.165) is 16.1 Å². The lowest BCUT2D eigenvalue weighted by atomic mass is 10.0. The van der Waals surface area contributed by atoms with Crippen molar-refractivity contribution in [3.8, 4) is 17.4 Å². The first-order chi connectivity index (χ1) is 15.3. The Morgan fingerprint density at radius 1 is 1.12 bits per heavy atom. The van der Waals surface area contributed by atoms with Crippen LogP contribution in [0, 0.1) is 4.77 Å². The topological polar surface area (TPSA) is 78.0 Å². The van der Waals surface area contributed by atoms with E-state index >= 15 is 0 Å². The molecule has 0 amide bonds. The molecule has 0 aliphatic carbocycles. The highest BCUT2D eigenvalue weighted by Gasteiger charge is 2.29. The molecule has 1 aromatic heterocycles. The quantitative estimate of drug-likeness (QED) is 0.566. The molecule has 1 N–H and O–H groups in total. The van der Waals surface area contributed by atoms with Crippen molar-refractivity contribution in [3.05, 3.63) is 68.7 Å². The smallest absolute Gasteiger partial charge is 0.267 e. The van der Waals surface area contributed by atoms with E-state index in [-0.39, 0.29) is 27.0 Å². The number of hydrogen-bond donors (Lipinski definition) is 1. The van der Waals surface area contributed by atoms with Gasteiger partial charge in [0, 0.05) is 36.2 Å². The van der Waals surface area contributed by atoms with E-state index in [1.54, 1.807) is 40.1 Å². The zero-order chi connectivity index (χ0) is 23.0. The molecule has 0 saturated carbocycles. The van der Waals surface area contributed by atoms with Gasteiger partial charge in [-0.2, -0.15) is 0 Å². The Hall–Kier alpha value is -3.04. The van der Waals surface area contributed by atoms with Crippen molar-refractivity contribution in [1.82, 2.24) is 9.13 Å². The second-order valence-electron chi connectivity index (χ2n) is 7.35. The van der Waals surface area contributed by atoms with Gasteiger partial charge in [-0.05, 0) is 42.5 Å². The van der Waals surface area contributed by atoms with Gasteiger partial charge in [0.2, 0.25) is 5.88 Å². The Balaban J connectivity index is 1.95. The highest BCUT2D eigenvalue weighted by atomic mass is 32.2. The van der Waals surface area contributed by atoms with E-state index in [1.807, 2.05) is 42.5 Å². The Bertz CT molecular complexity index is 1340. The largest absolute Gasteiger partial charge is 0.497 e. The fourth-order valence-electron chi connectivity index (χ4n) is 3.72. The van der Waals surface area contributed by atoms with Crippen LogP contribution in [0.4, 0.5) is 5.69 Å². The molecule has 7 nitrogen and oxygen atoms in total. The normalized spacial score (nSPS) is 15.5. The van der Waals surface area contributed by atoms with Crippen molar-refractivity contribution in [1.29, 1.82) is 0 Å². The second kappa shape index (κ2) is 8.84. The van der Waals surface area contributed by atoms with Crippen LogP contribution in [-0.4, -0.2) is 34.2 Å². The maximum atomic E-state index is 13.1. The Morgan fingerprint density at radius 2 is 1.88 bits per heavy atom. The van der Waals surface area contributed by atoms with Crippen LogP contribution in [0.5, 0.6) is 17.4 Å². The van der Waals surface area contributed by atoms with Crippen LogP contribution < -0.4 is 15.0 Å². The molecule has 0 fully saturated rings. The summed E-state index contributed by atoms with van der Waals surface area (Å²) in [6, 6.07) is 13.4. The molecule has 0 bridgehead atoms. The number of benzene rings is 2. The molecule has 166 valence electrons. The van der Waals surface area contributed by atoms with Gasteiger partial charge >= 0.3 is 0 Å². The van der Waals surface area contributed by atoms with Gasteiger partial charge in [0.25, 0.3) is 5.56 Å². The van der Waals surface area contributed by atoms with E-state index < -0.39 is 0 Å². The van der Waals surface area contributed by atoms with Crippen LogP contribution in [0.2, 0.25) is 0 Å². The van der Waals surface area contributed by atoms with Gasteiger partial charge in [0.15, 0.2) is 4.77 Å². The molecular weight excluding hydrogens is 446 g/mol. The summed E-state index contributed by atoms with van der Waals surface area (Å²) in [4.78, 5) is 18.9. The van der Waals surface area contributed by atoms with Gasteiger partial charge < -0.3 is 14.6 Å². The third-order valence-corrected chi connectivity index (χ3v) is 7.33. The minimum Gasteiger partial charge on any atom is -0.497 e. The standard InChI is InChI=1S/C23H23N3O4S2/c1-25-21(27)20(22(28)26(2)23(25)31)16-12-19(32-18-8-6-5-7-15(18)24-16)14-11-13(29-3)9-10-17(14)30-4/h5-11,19,27H,12H2,1-4H3. The highest BCUT2D eigenvalue weighted by molar-refractivity contribution is 7.99. The van der Waals surface area contributed by atoms with Gasteiger partial charge in [-0.1, -0.05) is 12.1 Å². The molecule has 3 aromatic rings. The van der Waals surface area contributed by atoms with Crippen molar-refractivity contribution < 1.29 is 14.6 Å². The molecule has 32 heavy (non-hydrogen) atoms. The first-order valence-corrected chi connectivity index (χ1v) is 11.2. The van der Waals surface area contributed by atoms with Crippen LogP contribution in [-0.2, 0) is 14.1 Å². The lowest BCUT2D eigenvalue weighted by Crippen LogP contribution is -2.29. The fraction of sp³-hybridized carbons (Fsp3) is 0.261. The number of thioether (sulfide) groups is 1. The molecule has 2 heterocycles.